The van der Waals surface area contributed by atoms with Crippen LogP contribution < -0.4 is 4.90 Å². The lowest BCUT2D eigenvalue weighted by Gasteiger charge is -2.41. The average Bonchev–Trinajstić information content (AvgIpc) is 3.60. The highest BCUT2D eigenvalue weighted by atomic mass is 35.5. The molecular formula is C34H40ClN3O4S. The first-order chi connectivity index (χ1) is 20.8. The molecule has 3 aliphatic heterocycles. The predicted octanol–water partition coefficient (Wildman–Crippen LogP) is 5.18. The summed E-state index contributed by atoms with van der Waals surface area (Å²) in [6.45, 7) is 11.2. The van der Waals surface area contributed by atoms with E-state index in [1.165, 1.54) is 0 Å². The molecule has 3 saturated heterocycles. The van der Waals surface area contributed by atoms with Crippen LogP contribution in [-0.2, 0) is 20.9 Å². The molecule has 3 aliphatic rings. The number of hydrogen-bond donors (Lipinski definition) is 1. The van der Waals surface area contributed by atoms with E-state index in [0.29, 0.717) is 43.2 Å². The largest absolute Gasteiger partial charge is 0.396 e. The number of benzene rings is 2. The maximum Gasteiger partial charge on any atom is 0.251 e. The topological polar surface area (TPSA) is 81.2 Å². The molecule has 0 aromatic heterocycles. The van der Waals surface area contributed by atoms with Crippen LogP contribution in [0.1, 0.15) is 31.7 Å². The summed E-state index contributed by atoms with van der Waals surface area (Å²) in [7, 11) is 0. The third-order valence-corrected chi connectivity index (χ3v) is 11.6. The second-order valence-corrected chi connectivity index (χ2v) is 13.7. The number of carbonyl (C=O) groups excluding carboxylic acids is 3. The van der Waals surface area contributed by atoms with E-state index in [1.807, 2.05) is 42.5 Å². The number of thioether (sulfide) groups is 1. The summed E-state index contributed by atoms with van der Waals surface area (Å²) in [5, 5.41) is 9.88. The molecule has 1 N–H and O–H groups in total. The molecule has 228 valence electrons. The fourth-order valence-corrected chi connectivity index (χ4v) is 10.0. The van der Waals surface area contributed by atoms with Crippen molar-refractivity contribution in [2.24, 2.45) is 17.8 Å². The highest BCUT2D eigenvalue weighted by molar-refractivity contribution is 8.02. The second kappa shape index (κ2) is 13.3. The van der Waals surface area contributed by atoms with E-state index >= 15 is 0 Å². The Balaban J connectivity index is 1.55. The Bertz CT molecular complexity index is 1370. The van der Waals surface area contributed by atoms with Gasteiger partial charge in [0.15, 0.2) is 0 Å². The number of carbonyl (C=O) groups is 3. The van der Waals surface area contributed by atoms with E-state index in [-0.39, 0.29) is 42.0 Å². The van der Waals surface area contributed by atoms with Crippen LogP contribution in [0.4, 0.5) is 5.69 Å². The van der Waals surface area contributed by atoms with Gasteiger partial charge in [0, 0.05) is 38.0 Å². The van der Waals surface area contributed by atoms with Crippen molar-refractivity contribution >= 4 is 46.8 Å². The van der Waals surface area contributed by atoms with Crippen molar-refractivity contribution < 1.29 is 19.5 Å². The molecule has 7 nitrogen and oxygen atoms in total. The van der Waals surface area contributed by atoms with E-state index in [9.17, 15) is 19.5 Å². The van der Waals surface area contributed by atoms with Crippen LogP contribution in [0, 0.1) is 17.8 Å². The fraction of sp³-hybridized carbons (Fsp3) is 0.441. The molecule has 3 unspecified atom stereocenters. The molecule has 9 heteroatoms. The predicted molar refractivity (Wildman–Crippen MR) is 173 cm³/mol. The minimum Gasteiger partial charge on any atom is -0.396 e. The van der Waals surface area contributed by atoms with Gasteiger partial charge in [-0.1, -0.05) is 73.1 Å². The van der Waals surface area contributed by atoms with Gasteiger partial charge in [0.1, 0.15) is 6.04 Å². The molecule has 2 aromatic carbocycles. The summed E-state index contributed by atoms with van der Waals surface area (Å²) in [5.74, 6) is -1.55. The number of unbranched alkanes of at least 4 members (excludes halogenated alkanes) is 1. The Morgan fingerprint density at radius 3 is 2.44 bits per heavy atom. The van der Waals surface area contributed by atoms with Gasteiger partial charge in [-0.25, -0.2) is 0 Å². The molecule has 0 saturated carbocycles. The van der Waals surface area contributed by atoms with Crippen LogP contribution in [0.15, 0.2) is 79.9 Å². The molecule has 6 atom stereocenters. The quantitative estimate of drug-likeness (QED) is 0.246. The van der Waals surface area contributed by atoms with Gasteiger partial charge in [-0.2, -0.15) is 0 Å². The van der Waals surface area contributed by atoms with E-state index in [4.69, 9.17) is 11.6 Å². The van der Waals surface area contributed by atoms with Crippen molar-refractivity contribution in [1.82, 2.24) is 9.80 Å². The van der Waals surface area contributed by atoms with Gasteiger partial charge in [-0.15, -0.1) is 24.9 Å². The Hall–Kier alpha value is -3.07. The molecule has 2 aromatic rings. The molecule has 0 radical (unpaired) electrons. The van der Waals surface area contributed by atoms with Gasteiger partial charge in [0.2, 0.25) is 11.8 Å². The van der Waals surface area contributed by atoms with E-state index < -0.39 is 22.6 Å². The minimum atomic E-state index is -0.773. The molecule has 2 bridgehead atoms. The van der Waals surface area contributed by atoms with Crippen molar-refractivity contribution in [2.75, 3.05) is 31.1 Å². The molecule has 5 rings (SSSR count). The highest BCUT2D eigenvalue weighted by Crippen LogP contribution is 2.69. The van der Waals surface area contributed by atoms with Crippen LogP contribution in [0.3, 0.4) is 0 Å². The summed E-state index contributed by atoms with van der Waals surface area (Å²) < 4.78 is -0.758. The van der Waals surface area contributed by atoms with Gasteiger partial charge >= 0.3 is 0 Å². The molecule has 43 heavy (non-hydrogen) atoms. The summed E-state index contributed by atoms with van der Waals surface area (Å²) in [6, 6.07) is 16.2. The van der Waals surface area contributed by atoms with Crippen molar-refractivity contribution in [3.63, 3.8) is 0 Å². The van der Waals surface area contributed by atoms with Crippen LogP contribution in [-0.4, -0.2) is 74.9 Å². The van der Waals surface area contributed by atoms with Crippen molar-refractivity contribution in [2.45, 2.75) is 48.8 Å². The number of likely N-dealkylation sites (tertiary alicyclic amines) is 1. The van der Waals surface area contributed by atoms with Crippen LogP contribution >= 0.6 is 23.4 Å². The molecule has 3 heterocycles. The smallest absolute Gasteiger partial charge is 0.251 e. The first-order valence-electron chi connectivity index (χ1n) is 15.0. The zero-order chi connectivity index (χ0) is 30.7. The monoisotopic (exact) mass is 621 g/mol. The lowest BCUT2D eigenvalue weighted by Crippen LogP contribution is -2.57. The molecule has 0 aliphatic carbocycles. The average molecular weight is 622 g/mol. The number of hydrogen-bond acceptors (Lipinski definition) is 5. The highest BCUT2D eigenvalue weighted by Gasteiger charge is 2.76. The first kappa shape index (κ1) is 31.4. The zero-order valence-electron chi connectivity index (χ0n) is 24.6. The maximum atomic E-state index is 14.8. The number of fused-ring (bicyclic) bond motifs is 1. The molecular weight excluding hydrogens is 582 g/mol. The fourth-order valence-electron chi connectivity index (χ4n) is 7.37. The van der Waals surface area contributed by atoms with Crippen molar-refractivity contribution in [1.29, 1.82) is 0 Å². The summed E-state index contributed by atoms with van der Waals surface area (Å²) in [4.78, 5) is 48.8. The number of aliphatic hydroxyl groups excluding tert-OH is 1. The first-order valence-corrected chi connectivity index (χ1v) is 16.2. The van der Waals surface area contributed by atoms with Gasteiger partial charge in [-0.3, -0.25) is 14.4 Å². The van der Waals surface area contributed by atoms with Gasteiger partial charge < -0.3 is 19.8 Å². The Labute approximate surface area is 263 Å². The van der Waals surface area contributed by atoms with E-state index in [2.05, 4.69) is 20.1 Å². The number of rotatable bonds is 13. The lowest BCUT2D eigenvalue weighted by atomic mass is 9.65. The van der Waals surface area contributed by atoms with Crippen molar-refractivity contribution in [3.05, 3.63) is 90.5 Å². The number of halogens is 1. The summed E-state index contributed by atoms with van der Waals surface area (Å²) >= 11 is 8.25. The van der Waals surface area contributed by atoms with Crippen LogP contribution in [0.5, 0.6) is 0 Å². The molecule has 3 fully saturated rings. The Morgan fingerprint density at radius 2 is 1.77 bits per heavy atom. The number of aliphatic hydroxyl groups is 1. The molecule has 3 amide bonds. The maximum absolute atomic E-state index is 14.8. The SMILES string of the molecule is C=CCN(Cc1ccccc1)C(=O)[C@@H]1[C@H]2C(=O)N(CCCCO)C(C(=O)N(CC=C)c3ccccc3Cl)C23S[C@@H]1CC3C. The number of para-hydroxylation sites is 1. The number of nitrogens with zero attached hydrogens (tertiary/aromatic N) is 3. The number of anilines is 1. The standard InChI is InChI=1S/C34H40ClN3O4S/c1-4-17-36(22-24-13-7-6-8-14-24)31(40)28-27-21-23(3)34(43-27)29(28)32(41)38(19-11-12-20-39)30(34)33(42)37(18-5-2)26-16-10-9-15-25(26)35/h4-10,13-16,23,27-30,39H,1-2,11-12,17-22H2,3H3/t23?,27-,28+,29+,30?,34?/m1/s1. The summed E-state index contributed by atoms with van der Waals surface area (Å²) in [5.41, 5.74) is 1.57. The van der Waals surface area contributed by atoms with Crippen molar-refractivity contribution in [3.8, 4) is 0 Å². The zero-order valence-corrected chi connectivity index (χ0v) is 26.2. The Kier molecular flexibility index (Phi) is 9.69. The Morgan fingerprint density at radius 1 is 1.07 bits per heavy atom. The van der Waals surface area contributed by atoms with Gasteiger partial charge in [-0.05, 0) is 42.9 Å². The van der Waals surface area contributed by atoms with E-state index in [1.54, 1.807) is 50.7 Å². The third-order valence-electron chi connectivity index (χ3n) is 9.17. The normalized spacial score (nSPS) is 27.2. The third kappa shape index (κ3) is 5.54. The van der Waals surface area contributed by atoms with Gasteiger partial charge in [0.05, 0.1) is 27.3 Å². The molecule has 1 spiro atoms. The summed E-state index contributed by atoms with van der Waals surface area (Å²) in [6.07, 6.45) is 5.20. The lowest BCUT2D eigenvalue weighted by molar-refractivity contribution is -0.144. The second-order valence-electron chi connectivity index (χ2n) is 11.7. The van der Waals surface area contributed by atoms with Gasteiger partial charge in [0.25, 0.3) is 5.91 Å². The van der Waals surface area contributed by atoms with Crippen LogP contribution in [0.2, 0.25) is 5.02 Å². The minimum absolute atomic E-state index is 0.00175. The number of amides is 3. The van der Waals surface area contributed by atoms with E-state index in [0.717, 1.165) is 12.0 Å². The van der Waals surface area contributed by atoms with Crippen LogP contribution in [0.25, 0.3) is 0 Å².